The highest BCUT2D eigenvalue weighted by Gasteiger charge is 2.13. The minimum atomic E-state index is -0.253. The quantitative estimate of drug-likeness (QED) is 0.544. The van der Waals surface area contributed by atoms with E-state index in [9.17, 15) is 4.79 Å². The molecule has 4 aromatic rings. The third-order valence-corrected chi connectivity index (χ3v) is 3.67. The summed E-state index contributed by atoms with van der Waals surface area (Å²) < 4.78 is 10.9. The lowest BCUT2D eigenvalue weighted by Gasteiger charge is -2.06. The molecule has 0 aliphatic carbocycles. The summed E-state index contributed by atoms with van der Waals surface area (Å²) in [7, 11) is 0. The van der Waals surface area contributed by atoms with E-state index in [2.05, 4.69) is 15.5 Å². The monoisotopic (exact) mass is 346 g/mol. The van der Waals surface area contributed by atoms with Crippen LogP contribution >= 0.6 is 0 Å². The third kappa shape index (κ3) is 3.18. The molecule has 7 nitrogen and oxygen atoms in total. The minimum Gasteiger partial charge on any atom is -0.459 e. The van der Waals surface area contributed by atoms with Gasteiger partial charge in [0, 0.05) is 22.5 Å². The van der Waals surface area contributed by atoms with Gasteiger partial charge >= 0.3 is 0 Å². The molecule has 0 saturated heterocycles. The summed E-state index contributed by atoms with van der Waals surface area (Å²) in [4.78, 5) is 12.3. The Hall–Kier alpha value is -3.87. The number of aromatic nitrogens is 2. The molecule has 0 bridgehead atoms. The highest BCUT2D eigenvalue weighted by atomic mass is 16.4. The highest BCUT2D eigenvalue weighted by Crippen LogP contribution is 2.26. The fourth-order valence-electron chi connectivity index (χ4n) is 2.45. The number of carbonyl (C=O) groups is 1. The van der Waals surface area contributed by atoms with Crippen LogP contribution in [-0.4, -0.2) is 16.1 Å². The van der Waals surface area contributed by atoms with Crippen molar-refractivity contribution in [2.75, 3.05) is 11.1 Å². The van der Waals surface area contributed by atoms with Crippen LogP contribution in [0.15, 0.2) is 75.8 Å². The van der Waals surface area contributed by atoms with Gasteiger partial charge in [-0.3, -0.25) is 4.79 Å². The highest BCUT2D eigenvalue weighted by molar-refractivity contribution is 6.04. The van der Waals surface area contributed by atoms with Crippen LogP contribution in [0.1, 0.15) is 10.4 Å². The number of nitrogens with zero attached hydrogens (tertiary/aromatic N) is 2. The lowest BCUT2D eigenvalue weighted by atomic mass is 10.1. The number of benzene rings is 2. The Morgan fingerprint density at radius 2 is 1.81 bits per heavy atom. The minimum absolute atomic E-state index is 0.253. The smallest absolute Gasteiger partial charge is 0.283 e. The van der Waals surface area contributed by atoms with E-state index in [4.69, 9.17) is 14.6 Å². The topological polar surface area (TPSA) is 107 Å². The molecule has 128 valence electrons. The van der Waals surface area contributed by atoms with E-state index in [1.807, 2.05) is 6.07 Å². The summed E-state index contributed by atoms with van der Waals surface area (Å²) in [5, 5.41) is 10.8. The van der Waals surface area contributed by atoms with Crippen molar-refractivity contribution >= 4 is 17.3 Å². The SMILES string of the molecule is Nc1cccc(C(=O)Nc2cccc(-c3nnc(-c4ccco4)o3)c2)c1. The van der Waals surface area contributed by atoms with E-state index in [-0.39, 0.29) is 5.91 Å². The number of hydrogen-bond acceptors (Lipinski definition) is 6. The van der Waals surface area contributed by atoms with Crippen molar-refractivity contribution in [1.29, 1.82) is 0 Å². The maximum atomic E-state index is 12.3. The number of nitrogen functional groups attached to an aromatic ring is 1. The zero-order valence-electron chi connectivity index (χ0n) is 13.5. The van der Waals surface area contributed by atoms with Gasteiger partial charge in [-0.15, -0.1) is 10.2 Å². The maximum Gasteiger partial charge on any atom is 0.283 e. The Bertz CT molecular complexity index is 1050. The molecule has 7 heteroatoms. The van der Waals surface area contributed by atoms with Gasteiger partial charge in [-0.05, 0) is 48.5 Å². The van der Waals surface area contributed by atoms with E-state index < -0.39 is 0 Å². The Morgan fingerprint density at radius 3 is 2.62 bits per heavy atom. The van der Waals surface area contributed by atoms with Crippen molar-refractivity contribution in [3.63, 3.8) is 0 Å². The van der Waals surface area contributed by atoms with E-state index in [1.54, 1.807) is 54.6 Å². The second kappa shape index (κ2) is 6.56. The van der Waals surface area contributed by atoms with E-state index in [1.165, 1.54) is 6.26 Å². The molecule has 0 radical (unpaired) electrons. The van der Waals surface area contributed by atoms with Crippen molar-refractivity contribution in [3.8, 4) is 23.1 Å². The first-order valence-corrected chi connectivity index (χ1v) is 7.84. The van der Waals surface area contributed by atoms with Crippen LogP contribution in [-0.2, 0) is 0 Å². The van der Waals surface area contributed by atoms with Gasteiger partial charge in [-0.1, -0.05) is 12.1 Å². The van der Waals surface area contributed by atoms with Gasteiger partial charge in [0.05, 0.1) is 6.26 Å². The fraction of sp³-hybridized carbons (Fsp3) is 0. The van der Waals surface area contributed by atoms with Crippen molar-refractivity contribution in [1.82, 2.24) is 10.2 Å². The normalized spacial score (nSPS) is 10.6. The van der Waals surface area contributed by atoms with Crippen LogP contribution in [0.4, 0.5) is 11.4 Å². The van der Waals surface area contributed by atoms with Crippen LogP contribution in [0.25, 0.3) is 23.1 Å². The first kappa shape index (κ1) is 15.6. The first-order valence-electron chi connectivity index (χ1n) is 7.84. The summed E-state index contributed by atoms with van der Waals surface area (Å²) in [5.41, 5.74) is 8.01. The molecule has 0 saturated carbocycles. The number of anilines is 2. The standard InChI is InChI=1S/C19H14N4O3/c20-14-6-1-4-12(10-14)17(24)21-15-7-2-5-13(11-15)18-22-23-19(26-18)16-8-3-9-25-16/h1-11H,20H2,(H,21,24). The molecule has 3 N–H and O–H groups in total. The molecule has 4 rings (SSSR count). The largest absolute Gasteiger partial charge is 0.459 e. The molecule has 0 fully saturated rings. The third-order valence-electron chi connectivity index (χ3n) is 3.67. The second-order valence-corrected chi connectivity index (χ2v) is 5.55. The molecule has 0 aliphatic rings. The number of amides is 1. The van der Waals surface area contributed by atoms with E-state index in [0.29, 0.717) is 40.0 Å². The predicted molar refractivity (Wildman–Crippen MR) is 96.2 cm³/mol. The van der Waals surface area contributed by atoms with E-state index in [0.717, 1.165) is 0 Å². The van der Waals surface area contributed by atoms with Crippen LogP contribution in [0.5, 0.6) is 0 Å². The van der Waals surface area contributed by atoms with Crippen LogP contribution < -0.4 is 11.1 Å². The number of furan rings is 1. The molecular formula is C19H14N4O3. The van der Waals surface area contributed by atoms with Gasteiger partial charge in [0.15, 0.2) is 5.76 Å². The summed E-state index contributed by atoms with van der Waals surface area (Å²) >= 11 is 0. The Kier molecular flexibility index (Phi) is 3.95. The van der Waals surface area contributed by atoms with Crippen LogP contribution in [0.3, 0.4) is 0 Å². The summed E-state index contributed by atoms with van der Waals surface area (Å²) in [6, 6.07) is 17.4. The lowest BCUT2D eigenvalue weighted by molar-refractivity contribution is 0.102. The van der Waals surface area contributed by atoms with Gasteiger partial charge in [0.2, 0.25) is 5.89 Å². The molecule has 0 spiro atoms. The molecule has 2 aromatic carbocycles. The Morgan fingerprint density at radius 1 is 0.962 bits per heavy atom. The van der Waals surface area contributed by atoms with Crippen molar-refractivity contribution in [3.05, 3.63) is 72.5 Å². The van der Waals surface area contributed by atoms with Crippen molar-refractivity contribution in [2.24, 2.45) is 0 Å². The van der Waals surface area contributed by atoms with Gasteiger partial charge in [0.25, 0.3) is 11.8 Å². The number of hydrogen-bond donors (Lipinski definition) is 2. The second-order valence-electron chi connectivity index (χ2n) is 5.55. The summed E-state index contributed by atoms with van der Waals surface area (Å²) in [6.07, 6.45) is 1.53. The summed E-state index contributed by atoms with van der Waals surface area (Å²) in [5.74, 6) is 0.863. The molecule has 1 amide bonds. The summed E-state index contributed by atoms with van der Waals surface area (Å²) in [6.45, 7) is 0. The zero-order valence-corrected chi connectivity index (χ0v) is 13.5. The maximum absolute atomic E-state index is 12.3. The number of carbonyl (C=O) groups excluding carboxylic acids is 1. The molecular weight excluding hydrogens is 332 g/mol. The predicted octanol–water partition coefficient (Wildman–Crippen LogP) is 3.83. The fourth-order valence-corrected chi connectivity index (χ4v) is 2.45. The molecule has 26 heavy (non-hydrogen) atoms. The Balaban J connectivity index is 1.56. The number of rotatable bonds is 4. The van der Waals surface area contributed by atoms with Gasteiger partial charge in [-0.2, -0.15) is 0 Å². The molecule has 0 aliphatic heterocycles. The van der Waals surface area contributed by atoms with E-state index >= 15 is 0 Å². The molecule has 0 unspecified atom stereocenters. The molecule has 2 aromatic heterocycles. The average Bonchev–Trinajstić information content (AvgIpc) is 3.33. The Labute approximate surface area is 148 Å². The average molecular weight is 346 g/mol. The van der Waals surface area contributed by atoms with Gasteiger partial charge in [0.1, 0.15) is 0 Å². The van der Waals surface area contributed by atoms with Gasteiger partial charge in [-0.25, -0.2) is 0 Å². The van der Waals surface area contributed by atoms with Crippen LogP contribution in [0, 0.1) is 0 Å². The first-order chi connectivity index (χ1) is 12.7. The van der Waals surface area contributed by atoms with Gasteiger partial charge < -0.3 is 19.9 Å². The lowest BCUT2D eigenvalue weighted by Crippen LogP contribution is -2.12. The molecule has 0 atom stereocenters. The van der Waals surface area contributed by atoms with Crippen LogP contribution in [0.2, 0.25) is 0 Å². The zero-order chi connectivity index (χ0) is 17.9. The van der Waals surface area contributed by atoms with Crippen molar-refractivity contribution < 1.29 is 13.6 Å². The molecule has 2 heterocycles. The van der Waals surface area contributed by atoms with Crippen molar-refractivity contribution in [2.45, 2.75) is 0 Å². The number of nitrogens with one attached hydrogen (secondary N) is 1. The number of nitrogens with two attached hydrogens (primary N) is 1.